The maximum atomic E-state index is 14.6. The monoisotopic (exact) mass is 492 g/mol. The molecule has 35 heavy (non-hydrogen) atoms. The molecule has 0 atom stereocenters. The van der Waals surface area contributed by atoms with Crippen molar-refractivity contribution in [2.24, 2.45) is 4.99 Å². The van der Waals surface area contributed by atoms with Crippen molar-refractivity contribution < 1.29 is 18.7 Å². The van der Waals surface area contributed by atoms with Crippen molar-refractivity contribution in [3.8, 4) is 11.3 Å². The number of aromatic carboxylic acids is 1. The second kappa shape index (κ2) is 9.60. The van der Waals surface area contributed by atoms with Gasteiger partial charge in [-0.25, -0.2) is 23.5 Å². The van der Waals surface area contributed by atoms with Crippen molar-refractivity contribution in [1.82, 2.24) is 9.97 Å². The Hall–Kier alpha value is -4.17. The highest BCUT2D eigenvalue weighted by molar-refractivity contribution is 6.31. The number of carboxylic acid groups (broad SMARTS) is 1. The minimum atomic E-state index is -1.36. The Balaban J connectivity index is 0.00000289. The number of hydrogen-bond acceptors (Lipinski definition) is 5. The number of carbonyl (C=O) groups is 1. The van der Waals surface area contributed by atoms with Crippen molar-refractivity contribution in [3.63, 3.8) is 0 Å². The third-order valence-electron chi connectivity index (χ3n) is 5.35. The number of fused-ring (bicyclic) bond motifs is 3. The fourth-order valence-electron chi connectivity index (χ4n) is 3.76. The van der Waals surface area contributed by atoms with Gasteiger partial charge in [-0.1, -0.05) is 37.2 Å². The lowest BCUT2D eigenvalue weighted by atomic mass is 9.95. The summed E-state index contributed by atoms with van der Waals surface area (Å²) in [7, 11) is 0. The summed E-state index contributed by atoms with van der Waals surface area (Å²) in [5.41, 5.74) is 3.26. The second-order valence-electron chi connectivity index (χ2n) is 7.53. The first-order chi connectivity index (χ1) is 16.4. The summed E-state index contributed by atoms with van der Waals surface area (Å²) in [5.74, 6) is -2.46. The number of aromatic nitrogens is 2. The van der Waals surface area contributed by atoms with Crippen LogP contribution in [0.2, 0.25) is 5.02 Å². The Bertz CT molecular complexity index is 1490. The summed E-state index contributed by atoms with van der Waals surface area (Å²) >= 11 is 6.27. The molecule has 0 bridgehead atoms. The molecule has 1 aliphatic heterocycles. The molecule has 0 fully saturated rings. The molecule has 5 rings (SSSR count). The molecule has 0 saturated carbocycles. The van der Waals surface area contributed by atoms with E-state index in [9.17, 15) is 13.6 Å². The number of carboxylic acids is 1. The maximum Gasteiger partial charge on any atom is 0.338 e. The zero-order valence-electron chi connectivity index (χ0n) is 17.4. The summed E-state index contributed by atoms with van der Waals surface area (Å²) in [6.45, 7) is 0.216. The summed E-state index contributed by atoms with van der Waals surface area (Å²) in [4.78, 5) is 24.6. The van der Waals surface area contributed by atoms with Crippen LogP contribution in [0, 0.1) is 11.6 Å². The van der Waals surface area contributed by atoms with Crippen LogP contribution in [0.15, 0.2) is 71.9 Å². The van der Waals surface area contributed by atoms with E-state index in [1.807, 2.05) is 0 Å². The number of aliphatic imine (C=N–C) groups is 1. The number of anilines is 2. The molecule has 2 N–H and O–H groups in total. The van der Waals surface area contributed by atoms with Gasteiger partial charge in [-0.3, -0.25) is 4.99 Å². The van der Waals surface area contributed by atoms with Gasteiger partial charge in [0.2, 0.25) is 5.95 Å². The Labute approximate surface area is 205 Å². The molecule has 0 unspecified atom stereocenters. The SMILES string of the molecule is C.O=C(O)c1ccc(Nc2ncc3c(n2)-c2ccc(Cl)cc2C(c2ccccc2F)=NC3)cc1F. The Kier molecular flexibility index (Phi) is 6.57. The summed E-state index contributed by atoms with van der Waals surface area (Å²) in [6, 6.07) is 15.2. The van der Waals surface area contributed by atoms with Crippen molar-refractivity contribution in [2.75, 3.05) is 5.32 Å². The number of nitrogens with zero attached hydrogens (tertiary/aromatic N) is 3. The van der Waals surface area contributed by atoms with Gasteiger partial charge in [-0.05, 0) is 42.5 Å². The molecule has 0 spiro atoms. The van der Waals surface area contributed by atoms with Crippen LogP contribution in [0.1, 0.15) is 34.5 Å². The standard InChI is InChI=1S/C25H15ClF2N4O2.CH4/c26-14-5-7-16-19(9-14)23(17-3-1-2-4-20(17)27)29-11-13-12-30-25(32-22(13)16)31-15-6-8-18(24(33)34)21(28)10-15;/h1-10,12H,11H2,(H,33,34)(H,30,31,32);1H4. The lowest BCUT2D eigenvalue weighted by Crippen LogP contribution is -2.07. The first kappa shape index (κ1) is 24.0. The highest BCUT2D eigenvalue weighted by atomic mass is 35.5. The fraction of sp³-hybridized carbons (Fsp3) is 0.0769. The van der Waals surface area contributed by atoms with Crippen LogP contribution in [0.25, 0.3) is 11.3 Å². The smallest absolute Gasteiger partial charge is 0.338 e. The van der Waals surface area contributed by atoms with E-state index in [-0.39, 0.29) is 25.6 Å². The number of hydrogen-bond donors (Lipinski definition) is 2. The van der Waals surface area contributed by atoms with E-state index >= 15 is 0 Å². The fourth-order valence-corrected chi connectivity index (χ4v) is 3.94. The molecule has 2 heterocycles. The number of benzene rings is 3. The van der Waals surface area contributed by atoms with E-state index < -0.39 is 23.2 Å². The van der Waals surface area contributed by atoms with E-state index in [4.69, 9.17) is 16.7 Å². The van der Waals surface area contributed by atoms with Crippen LogP contribution < -0.4 is 5.32 Å². The normalized spacial score (nSPS) is 11.9. The van der Waals surface area contributed by atoms with Crippen LogP contribution in [0.3, 0.4) is 0 Å². The maximum absolute atomic E-state index is 14.6. The molecule has 0 aliphatic carbocycles. The molecule has 1 aliphatic rings. The first-order valence-electron chi connectivity index (χ1n) is 10.2. The molecule has 176 valence electrons. The molecule has 3 aromatic carbocycles. The van der Waals surface area contributed by atoms with E-state index in [1.165, 1.54) is 12.1 Å². The summed E-state index contributed by atoms with van der Waals surface area (Å²) in [6.07, 6.45) is 1.60. The van der Waals surface area contributed by atoms with Gasteiger partial charge in [0.1, 0.15) is 11.6 Å². The predicted molar refractivity (Wildman–Crippen MR) is 132 cm³/mol. The molecule has 6 nitrogen and oxygen atoms in total. The van der Waals surface area contributed by atoms with Gasteiger partial charge in [0, 0.05) is 39.2 Å². The Morgan fingerprint density at radius 1 is 0.971 bits per heavy atom. The lowest BCUT2D eigenvalue weighted by Gasteiger charge is -2.13. The number of halogens is 3. The Morgan fingerprint density at radius 2 is 1.77 bits per heavy atom. The van der Waals surface area contributed by atoms with Crippen molar-refractivity contribution in [3.05, 3.63) is 106 Å². The van der Waals surface area contributed by atoms with Gasteiger partial charge in [-0.2, -0.15) is 0 Å². The zero-order valence-corrected chi connectivity index (χ0v) is 18.1. The minimum absolute atomic E-state index is 0. The van der Waals surface area contributed by atoms with Gasteiger partial charge < -0.3 is 10.4 Å². The van der Waals surface area contributed by atoms with Crippen LogP contribution in [-0.2, 0) is 6.54 Å². The number of rotatable bonds is 4. The quantitative estimate of drug-likeness (QED) is 0.339. The topological polar surface area (TPSA) is 87.5 Å². The molecule has 9 heteroatoms. The van der Waals surface area contributed by atoms with Gasteiger partial charge in [0.05, 0.1) is 23.5 Å². The van der Waals surface area contributed by atoms with Gasteiger partial charge in [0.15, 0.2) is 0 Å². The molecule has 4 aromatic rings. The molecule has 1 aromatic heterocycles. The highest BCUT2D eigenvalue weighted by Gasteiger charge is 2.23. The van der Waals surface area contributed by atoms with Crippen molar-refractivity contribution >= 4 is 34.9 Å². The molecular weight excluding hydrogens is 474 g/mol. The second-order valence-corrected chi connectivity index (χ2v) is 7.96. The van der Waals surface area contributed by atoms with Crippen LogP contribution in [0.4, 0.5) is 20.4 Å². The van der Waals surface area contributed by atoms with Crippen molar-refractivity contribution in [1.29, 1.82) is 0 Å². The average Bonchev–Trinajstić information content (AvgIpc) is 2.96. The van der Waals surface area contributed by atoms with E-state index in [1.54, 1.807) is 42.6 Å². The third kappa shape index (κ3) is 4.61. The largest absolute Gasteiger partial charge is 0.478 e. The molecule has 0 saturated heterocycles. The average molecular weight is 493 g/mol. The van der Waals surface area contributed by atoms with Crippen LogP contribution in [0.5, 0.6) is 0 Å². The zero-order chi connectivity index (χ0) is 23.8. The van der Waals surface area contributed by atoms with Gasteiger partial charge >= 0.3 is 5.97 Å². The molecular formula is C26H19ClF2N4O2. The van der Waals surface area contributed by atoms with Crippen molar-refractivity contribution in [2.45, 2.75) is 14.0 Å². The first-order valence-corrected chi connectivity index (χ1v) is 10.5. The van der Waals surface area contributed by atoms with Crippen LogP contribution >= 0.6 is 11.6 Å². The van der Waals surface area contributed by atoms with E-state index in [0.29, 0.717) is 38.7 Å². The molecule has 0 amide bonds. The summed E-state index contributed by atoms with van der Waals surface area (Å²) in [5, 5.41) is 12.4. The minimum Gasteiger partial charge on any atom is -0.478 e. The predicted octanol–water partition coefficient (Wildman–Crippen LogP) is 6.50. The lowest BCUT2D eigenvalue weighted by molar-refractivity contribution is 0.0692. The van der Waals surface area contributed by atoms with E-state index in [2.05, 4.69) is 20.3 Å². The Morgan fingerprint density at radius 3 is 2.51 bits per heavy atom. The van der Waals surface area contributed by atoms with E-state index in [0.717, 1.165) is 12.1 Å². The molecule has 0 radical (unpaired) electrons. The number of nitrogens with one attached hydrogen (secondary N) is 1. The van der Waals surface area contributed by atoms with Gasteiger partial charge in [0.25, 0.3) is 0 Å². The highest BCUT2D eigenvalue weighted by Crippen LogP contribution is 2.34. The van der Waals surface area contributed by atoms with Crippen LogP contribution in [-0.4, -0.2) is 26.8 Å². The summed E-state index contributed by atoms with van der Waals surface area (Å²) < 4.78 is 28.7. The van der Waals surface area contributed by atoms with Gasteiger partial charge in [-0.15, -0.1) is 0 Å². The third-order valence-corrected chi connectivity index (χ3v) is 5.58.